The van der Waals surface area contributed by atoms with Crippen molar-refractivity contribution in [1.82, 2.24) is 10.2 Å². The van der Waals surface area contributed by atoms with Crippen molar-refractivity contribution in [2.75, 3.05) is 27.2 Å². The summed E-state index contributed by atoms with van der Waals surface area (Å²) in [5, 5.41) is 3.26. The maximum absolute atomic E-state index is 12.3. The van der Waals surface area contributed by atoms with E-state index in [9.17, 15) is 9.59 Å². The number of aryl methyl sites for hydroxylation is 1. The lowest BCUT2D eigenvalue weighted by atomic mass is 10.1. The van der Waals surface area contributed by atoms with Gasteiger partial charge in [-0.25, -0.2) is 9.59 Å². The highest BCUT2D eigenvalue weighted by Gasteiger charge is 2.14. The fraction of sp³-hybridized carbons (Fsp3) is 0.273. The Hall–Kier alpha value is -3.32. The maximum atomic E-state index is 12.3. The van der Waals surface area contributed by atoms with Crippen LogP contribution in [0.5, 0.6) is 11.5 Å². The summed E-state index contributed by atoms with van der Waals surface area (Å²) in [6, 6.07) is 14.5. The SMILES string of the molecule is Cc1c(OCCN(C)C)ccc2cc(OC(=O)NCc3ccccc3)c(=O)oc12. The summed E-state index contributed by atoms with van der Waals surface area (Å²) in [7, 11) is 3.93. The van der Waals surface area contributed by atoms with Crippen LogP contribution in [-0.4, -0.2) is 38.2 Å². The highest BCUT2D eigenvalue weighted by Crippen LogP contribution is 2.28. The number of ether oxygens (including phenoxy) is 2. The van der Waals surface area contributed by atoms with Gasteiger partial charge in [-0.15, -0.1) is 0 Å². The Labute approximate surface area is 168 Å². The fourth-order valence-electron chi connectivity index (χ4n) is 2.76. The monoisotopic (exact) mass is 396 g/mol. The standard InChI is InChI=1S/C22H24N2O5/c1-15-18(27-12-11-24(2)3)10-9-17-13-19(21(25)29-20(15)17)28-22(26)23-14-16-7-5-4-6-8-16/h4-10,13H,11-12,14H2,1-3H3,(H,23,26). The third-order valence-electron chi connectivity index (χ3n) is 4.35. The molecule has 0 aliphatic rings. The number of carbonyl (C=O) groups excluding carboxylic acids is 1. The molecule has 0 atom stereocenters. The number of likely N-dealkylation sites (N-methyl/N-ethyl adjacent to an activating group) is 1. The average Bonchev–Trinajstić information content (AvgIpc) is 2.70. The molecule has 1 N–H and O–H groups in total. The van der Waals surface area contributed by atoms with Gasteiger partial charge in [-0.1, -0.05) is 30.3 Å². The number of amides is 1. The van der Waals surface area contributed by atoms with Crippen LogP contribution in [0.3, 0.4) is 0 Å². The van der Waals surface area contributed by atoms with Gasteiger partial charge >= 0.3 is 11.7 Å². The van der Waals surface area contributed by atoms with E-state index in [2.05, 4.69) is 5.32 Å². The van der Waals surface area contributed by atoms with Crippen molar-refractivity contribution in [2.45, 2.75) is 13.5 Å². The molecule has 2 aromatic carbocycles. The molecule has 0 bridgehead atoms. The van der Waals surface area contributed by atoms with Gasteiger partial charge < -0.3 is 24.1 Å². The quantitative estimate of drug-likeness (QED) is 0.617. The molecule has 0 fully saturated rings. The van der Waals surface area contributed by atoms with Gasteiger partial charge in [0.15, 0.2) is 0 Å². The summed E-state index contributed by atoms with van der Waals surface area (Å²) in [5.74, 6) is 0.487. The number of rotatable bonds is 7. The molecule has 3 aromatic rings. The zero-order chi connectivity index (χ0) is 20.8. The van der Waals surface area contributed by atoms with E-state index in [1.54, 1.807) is 6.07 Å². The summed E-state index contributed by atoms with van der Waals surface area (Å²) in [6.45, 7) is 3.41. The molecule has 0 unspecified atom stereocenters. The number of carbonyl (C=O) groups is 1. The van der Waals surface area contributed by atoms with Crippen molar-refractivity contribution >= 4 is 17.1 Å². The summed E-state index contributed by atoms with van der Waals surface area (Å²) < 4.78 is 16.3. The van der Waals surface area contributed by atoms with Gasteiger partial charge in [-0.2, -0.15) is 0 Å². The van der Waals surface area contributed by atoms with Crippen molar-refractivity contribution in [2.24, 2.45) is 0 Å². The van der Waals surface area contributed by atoms with Gasteiger partial charge in [0.2, 0.25) is 5.75 Å². The Morgan fingerprint density at radius 1 is 1.10 bits per heavy atom. The minimum absolute atomic E-state index is 0.163. The predicted octanol–water partition coefficient (Wildman–Crippen LogP) is 3.33. The molecule has 1 heterocycles. The second kappa shape index (κ2) is 9.25. The first-order valence-corrected chi connectivity index (χ1v) is 9.28. The molecule has 0 aliphatic heterocycles. The molecule has 7 heteroatoms. The number of hydrogen-bond acceptors (Lipinski definition) is 6. The summed E-state index contributed by atoms with van der Waals surface area (Å²) >= 11 is 0. The number of benzene rings is 2. The zero-order valence-electron chi connectivity index (χ0n) is 16.7. The van der Waals surface area contributed by atoms with Crippen molar-refractivity contribution in [1.29, 1.82) is 0 Å². The van der Waals surface area contributed by atoms with Crippen molar-refractivity contribution in [3.8, 4) is 11.5 Å². The first-order chi connectivity index (χ1) is 13.9. The van der Waals surface area contributed by atoms with Gasteiger partial charge in [-0.3, -0.25) is 0 Å². The first-order valence-electron chi connectivity index (χ1n) is 9.28. The fourth-order valence-corrected chi connectivity index (χ4v) is 2.76. The lowest BCUT2D eigenvalue weighted by Crippen LogP contribution is -2.28. The van der Waals surface area contributed by atoms with E-state index in [-0.39, 0.29) is 5.75 Å². The van der Waals surface area contributed by atoms with E-state index >= 15 is 0 Å². The van der Waals surface area contributed by atoms with E-state index in [4.69, 9.17) is 13.9 Å². The van der Waals surface area contributed by atoms with Crippen molar-refractivity contribution < 1.29 is 18.7 Å². The predicted molar refractivity (Wildman–Crippen MR) is 111 cm³/mol. The van der Waals surface area contributed by atoms with Crippen LogP contribution in [-0.2, 0) is 6.54 Å². The van der Waals surface area contributed by atoms with Gasteiger partial charge in [0.1, 0.15) is 17.9 Å². The second-order valence-corrected chi connectivity index (χ2v) is 6.89. The topological polar surface area (TPSA) is 81.0 Å². The van der Waals surface area contributed by atoms with Crippen LogP contribution in [0, 0.1) is 6.92 Å². The molecule has 0 spiro atoms. The third kappa shape index (κ3) is 5.36. The second-order valence-electron chi connectivity index (χ2n) is 6.89. The molecule has 1 aromatic heterocycles. The van der Waals surface area contributed by atoms with E-state index in [1.165, 1.54) is 6.07 Å². The van der Waals surface area contributed by atoms with Crippen LogP contribution in [0.2, 0.25) is 0 Å². The minimum atomic E-state index is -0.721. The number of hydrogen-bond donors (Lipinski definition) is 1. The molecule has 3 rings (SSSR count). The molecule has 0 aliphatic carbocycles. The Bertz CT molecular complexity index is 1040. The molecule has 1 amide bonds. The number of nitrogens with zero attached hydrogens (tertiary/aromatic N) is 1. The normalized spacial score (nSPS) is 10.9. The van der Waals surface area contributed by atoms with Crippen LogP contribution in [0.25, 0.3) is 11.0 Å². The largest absolute Gasteiger partial charge is 0.492 e. The average molecular weight is 396 g/mol. The van der Waals surface area contributed by atoms with Crippen LogP contribution in [0.15, 0.2) is 57.7 Å². The Morgan fingerprint density at radius 3 is 2.59 bits per heavy atom. The summed E-state index contributed by atoms with van der Waals surface area (Å²) in [6.07, 6.45) is -0.721. The molecule has 0 saturated heterocycles. The third-order valence-corrected chi connectivity index (χ3v) is 4.35. The highest BCUT2D eigenvalue weighted by atomic mass is 16.6. The molecule has 7 nitrogen and oxygen atoms in total. The van der Waals surface area contributed by atoms with Gasteiger partial charge in [0.05, 0.1) is 0 Å². The molecular weight excluding hydrogens is 372 g/mol. The lowest BCUT2D eigenvalue weighted by molar-refractivity contribution is 0.198. The van der Waals surface area contributed by atoms with E-state index in [0.29, 0.717) is 29.9 Å². The Morgan fingerprint density at radius 2 is 1.86 bits per heavy atom. The van der Waals surface area contributed by atoms with E-state index in [0.717, 1.165) is 17.7 Å². The summed E-state index contributed by atoms with van der Waals surface area (Å²) in [5.41, 5.74) is 1.33. The number of nitrogens with one attached hydrogen (secondary N) is 1. The van der Waals surface area contributed by atoms with Crippen LogP contribution < -0.4 is 20.4 Å². The summed E-state index contributed by atoms with van der Waals surface area (Å²) in [4.78, 5) is 26.3. The van der Waals surface area contributed by atoms with Gasteiger partial charge in [-0.05, 0) is 44.8 Å². The lowest BCUT2D eigenvalue weighted by Gasteiger charge is -2.13. The molecular formula is C22H24N2O5. The zero-order valence-corrected chi connectivity index (χ0v) is 16.7. The molecule has 0 saturated carbocycles. The molecule has 0 radical (unpaired) electrons. The van der Waals surface area contributed by atoms with Crippen molar-refractivity contribution in [3.63, 3.8) is 0 Å². The molecule has 152 valence electrons. The Balaban J connectivity index is 1.72. The van der Waals surface area contributed by atoms with Crippen molar-refractivity contribution in [3.05, 3.63) is 70.1 Å². The highest BCUT2D eigenvalue weighted by molar-refractivity contribution is 5.83. The van der Waals surface area contributed by atoms with E-state index < -0.39 is 11.7 Å². The van der Waals surface area contributed by atoms with Crippen LogP contribution >= 0.6 is 0 Å². The maximum Gasteiger partial charge on any atom is 0.413 e. The van der Waals surface area contributed by atoms with Crippen LogP contribution in [0.1, 0.15) is 11.1 Å². The minimum Gasteiger partial charge on any atom is -0.492 e. The first kappa shape index (κ1) is 20.4. The number of fused-ring (bicyclic) bond motifs is 1. The Kier molecular flexibility index (Phi) is 6.51. The molecule has 29 heavy (non-hydrogen) atoms. The van der Waals surface area contributed by atoms with Gasteiger partial charge in [0, 0.05) is 24.0 Å². The smallest absolute Gasteiger partial charge is 0.413 e. The van der Waals surface area contributed by atoms with E-state index in [1.807, 2.05) is 62.3 Å². The van der Waals surface area contributed by atoms with Gasteiger partial charge in [0.25, 0.3) is 0 Å². The van der Waals surface area contributed by atoms with Crippen LogP contribution in [0.4, 0.5) is 4.79 Å².